The first kappa shape index (κ1) is 15.6. The van der Waals surface area contributed by atoms with Crippen LogP contribution in [0.5, 0.6) is 0 Å². The third kappa shape index (κ3) is 4.07. The van der Waals surface area contributed by atoms with Crippen molar-refractivity contribution in [3.63, 3.8) is 0 Å². The fourth-order valence-corrected chi connectivity index (χ4v) is 2.07. The lowest BCUT2D eigenvalue weighted by atomic mass is 10.1. The predicted octanol–water partition coefficient (Wildman–Crippen LogP) is 4.40. The molecule has 0 aliphatic rings. The minimum Gasteiger partial charge on any atom is -0.348 e. The van der Waals surface area contributed by atoms with Gasteiger partial charge < -0.3 is 5.32 Å². The first-order valence-corrected chi connectivity index (χ1v) is 6.86. The van der Waals surface area contributed by atoms with Crippen LogP contribution in [0.15, 0.2) is 53.0 Å². The lowest BCUT2D eigenvalue weighted by Crippen LogP contribution is -2.25. The molecule has 2 aromatic rings. The molecule has 0 heterocycles. The van der Waals surface area contributed by atoms with Crippen LogP contribution in [0, 0.1) is 0 Å². The number of carbonyl (C=O) groups is 1. The maximum absolute atomic E-state index is 12.8. The molecule has 2 nitrogen and oxygen atoms in total. The van der Waals surface area contributed by atoms with E-state index >= 15 is 0 Å². The number of halogens is 4. The second-order valence-electron chi connectivity index (χ2n) is 4.35. The molecule has 2 rings (SSSR count). The first-order valence-electron chi connectivity index (χ1n) is 6.07. The predicted molar refractivity (Wildman–Crippen MR) is 76.8 cm³/mol. The van der Waals surface area contributed by atoms with Crippen molar-refractivity contribution in [1.29, 1.82) is 0 Å². The van der Waals surface area contributed by atoms with E-state index in [9.17, 15) is 18.0 Å². The zero-order valence-corrected chi connectivity index (χ0v) is 12.3. The van der Waals surface area contributed by atoms with Crippen LogP contribution < -0.4 is 5.32 Å². The van der Waals surface area contributed by atoms with Gasteiger partial charge in [-0.05, 0) is 29.8 Å². The monoisotopic (exact) mass is 357 g/mol. The molecule has 0 aromatic heterocycles. The third-order valence-corrected chi connectivity index (χ3v) is 3.37. The van der Waals surface area contributed by atoms with Gasteiger partial charge in [0.05, 0.1) is 11.1 Å². The normalized spacial score (nSPS) is 11.2. The Morgan fingerprint density at radius 2 is 1.67 bits per heavy atom. The summed E-state index contributed by atoms with van der Waals surface area (Å²) in [5, 5.41) is 2.49. The van der Waals surface area contributed by atoms with Crippen molar-refractivity contribution in [1.82, 2.24) is 5.32 Å². The summed E-state index contributed by atoms with van der Waals surface area (Å²) in [5.41, 5.74) is -0.503. The summed E-state index contributed by atoms with van der Waals surface area (Å²) < 4.78 is 39.4. The van der Waals surface area contributed by atoms with Crippen molar-refractivity contribution in [2.45, 2.75) is 12.7 Å². The van der Waals surface area contributed by atoms with Crippen molar-refractivity contribution >= 4 is 21.8 Å². The molecule has 0 fully saturated rings. The van der Waals surface area contributed by atoms with E-state index in [-0.39, 0.29) is 12.1 Å². The van der Waals surface area contributed by atoms with Gasteiger partial charge in [-0.2, -0.15) is 13.2 Å². The van der Waals surface area contributed by atoms with E-state index < -0.39 is 17.6 Å². The summed E-state index contributed by atoms with van der Waals surface area (Å²) in [5.74, 6) is -0.745. The van der Waals surface area contributed by atoms with Gasteiger partial charge in [0.15, 0.2) is 0 Å². The Hall–Kier alpha value is -1.82. The topological polar surface area (TPSA) is 29.1 Å². The summed E-state index contributed by atoms with van der Waals surface area (Å²) in [4.78, 5) is 11.9. The highest BCUT2D eigenvalue weighted by atomic mass is 79.9. The quantitative estimate of drug-likeness (QED) is 0.866. The molecule has 0 aliphatic heterocycles. The van der Waals surface area contributed by atoms with Crippen LogP contribution in [0.25, 0.3) is 0 Å². The zero-order valence-electron chi connectivity index (χ0n) is 10.7. The van der Waals surface area contributed by atoms with Gasteiger partial charge in [0, 0.05) is 11.0 Å². The Morgan fingerprint density at radius 3 is 2.29 bits per heavy atom. The largest absolute Gasteiger partial charge is 0.417 e. The van der Waals surface area contributed by atoms with Crippen LogP contribution in [-0.2, 0) is 12.7 Å². The number of carbonyl (C=O) groups excluding carboxylic acids is 1. The number of hydrogen-bond acceptors (Lipinski definition) is 1. The van der Waals surface area contributed by atoms with E-state index in [1.165, 1.54) is 18.2 Å². The van der Waals surface area contributed by atoms with Crippen molar-refractivity contribution in [2.24, 2.45) is 0 Å². The summed E-state index contributed by atoms with van der Waals surface area (Å²) in [7, 11) is 0. The van der Waals surface area contributed by atoms with Gasteiger partial charge in [0.2, 0.25) is 0 Å². The molecule has 0 spiro atoms. The van der Waals surface area contributed by atoms with Crippen molar-refractivity contribution in [3.8, 4) is 0 Å². The van der Waals surface area contributed by atoms with Gasteiger partial charge in [-0.3, -0.25) is 4.79 Å². The van der Waals surface area contributed by atoms with E-state index in [2.05, 4.69) is 21.2 Å². The summed E-state index contributed by atoms with van der Waals surface area (Å²) in [6.07, 6.45) is -4.55. The lowest BCUT2D eigenvalue weighted by Gasteiger charge is -2.12. The fraction of sp³-hybridized carbons (Fsp3) is 0.133. The van der Waals surface area contributed by atoms with Crippen molar-refractivity contribution < 1.29 is 18.0 Å². The molecular formula is C15H11BrF3NO. The number of amides is 1. The molecule has 1 amide bonds. The van der Waals surface area contributed by atoms with Gasteiger partial charge in [0.25, 0.3) is 5.91 Å². The number of benzene rings is 2. The molecule has 0 bridgehead atoms. The molecule has 0 saturated carbocycles. The molecule has 0 atom stereocenters. The Bertz CT molecular complexity index is 638. The van der Waals surface area contributed by atoms with Crippen LogP contribution in [0.3, 0.4) is 0 Å². The van der Waals surface area contributed by atoms with Crippen LogP contribution in [0.4, 0.5) is 13.2 Å². The van der Waals surface area contributed by atoms with Crippen molar-refractivity contribution in [2.75, 3.05) is 0 Å². The van der Waals surface area contributed by atoms with E-state index in [0.717, 1.165) is 16.1 Å². The average molecular weight is 358 g/mol. The second kappa shape index (κ2) is 6.30. The summed E-state index contributed by atoms with van der Waals surface area (Å²) >= 11 is 3.28. The summed E-state index contributed by atoms with van der Waals surface area (Å²) in [6, 6.07) is 11.9. The Labute approximate surface area is 128 Å². The van der Waals surface area contributed by atoms with E-state index in [0.29, 0.717) is 0 Å². The van der Waals surface area contributed by atoms with Crippen molar-refractivity contribution in [3.05, 3.63) is 69.7 Å². The van der Waals surface area contributed by atoms with Gasteiger partial charge in [0.1, 0.15) is 0 Å². The maximum Gasteiger partial charge on any atom is 0.417 e. The highest BCUT2D eigenvalue weighted by molar-refractivity contribution is 9.10. The van der Waals surface area contributed by atoms with E-state index in [1.807, 2.05) is 0 Å². The Morgan fingerprint density at radius 1 is 1.05 bits per heavy atom. The van der Waals surface area contributed by atoms with Crippen LogP contribution in [0.2, 0.25) is 0 Å². The smallest absolute Gasteiger partial charge is 0.348 e. The Kier molecular flexibility index (Phi) is 4.67. The lowest BCUT2D eigenvalue weighted by molar-refractivity contribution is -0.137. The van der Waals surface area contributed by atoms with Gasteiger partial charge in [-0.1, -0.05) is 40.2 Å². The van der Waals surface area contributed by atoms with Crippen LogP contribution in [0.1, 0.15) is 21.5 Å². The SMILES string of the molecule is O=C(NCc1ccc(Br)cc1)c1ccccc1C(F)(F)F. The molecule has 110 valence electrons. The van der Waals surface area contributed by atoms with E-state index in [4.69, 9.17) is 0 Å². The second-order valence-corrected chi connectivity index (χ2v) is 5.27. The van der Waals surface area contributed by atoms with Crippen LogP contribution >= 0.6 is 15.9 Å². The molecule has 0 radical (unpaired) electrons. The Balaban J connectivity index is 2.12. The molecule has 1 N–H and O–H groups in total. The molecule has 21 heavy (non-hydrogen) atoms. The molecule has 6 heteroatoms. The van der Waals surface area contributed by atoms with E-state index in [1.54, 1.807) is 24.3 Å². The fourth-order valence-electron chi connectivity index (χ4n) is 1.81. The van der Waals surface area contributed by atoms with Gasteiger partial charge in [-0.25, -0.2) is 0 Å². The highest BCUT2D eigenvalue weighted by Crippen LogP contribution is 2.31. The van der Waals surface area contributed by atoms with Crippen LogP contribution in [-0.4, -0.2) is 5.91 Å². The minimum atomic E-state index is -4.55. The number of alkyl halides is 3. The molecule has 0 saturated heterocycles. The number of hydrogen-bond donors (Lipinski definition) is 1. The highest BCUT2D eigenvalue weighted by Gasteiger charge is 2.34. The molecule has 0 aliphatic carbocycles. The van der Waals surface area contributed by atoms with Gasteiger partial charge in [-0.15, -0.1) is 0 Å². The average Bonchev–Trinajstić information content (AvgIpc) is 2.45. The number of nitrogens with one attached hydrogen (secondary N) is 1. The third-order valence-electron chi connectivity index (χ3n) is 2.84. The zero-order chi connectivity index (χ0) is 15.5. The standard InChI is InChI=1S/C15H11BrF3NO/c16-11-7-5-10(6-8-11)9-20-14(21)12-3-1-2-4-13(12)15(17,18)19/h1-8H,9H2,(H,20,21). The molecular weight excluding hydrogens is 347 g/mol. The minimum absolute atomic E-state index is 0.165. The summed E-state index contributed by atoms with van der Waals surface area (Å²) in [6.45, 7) is 0.165. The maximum atomic E-state index is 12.8. The first-order chi connectivity index (χ1) is 9.88. The number of rotatable bonds is 3. The molecule has 0 unspecified atom stereocenters. The van der Waals surface area contributed by atoms with Gasteiger partial charge >= 0.3 is 6.18 Å². The molecule has 2 aromatic carbocycles.